The molecule has 1 saturated carbocycles. The lowest BCUT2D eigenvalue weighted by Gasteiger charge is -2.30. The van der Waals surface area contributed by atoms with Crippen LogP contribution in [0.3, 0.4) is 0 Å². The highest BCUT2D eigenvalue weighted by Gasteiger charge is 2.42. The van der Waals surface area contributed by atoms with Gasteiger partial charge in [-0.25, -0.2) is 0 Å². The van der Waals surface area contributed by atoms with Gasteiger partial charge in [0, 0.05) is 27.6 Å². The summed E-state index contributed by atoms with van der Waals surface area (Å²) in [6.07, 6.45) is 2.12. The summed E-state index contributed by atoms with van der Waals surface area (Å²) in [5.74, 6) is -0.170. The SMILES string of the molecule is CO[C@@H]1[C@H](N(C)C(C)=O)CC[C@H]1C(=O)NCCc1ccccc1C. The molecule has 24 heavy (non-hydrogen) atoms. The standard InChI is InChI=1S/C19H28N2O3/c1-13-7-5-6-8-15(13)11-12-20-19(23)16-9-10-17(18(16)24-4)21(3)14(2)22/h5-8,16-18H,9-12H2,1-4H3,(H,20,23)/t16-,17-,18+/m1/s1. The average Bonchev–Trinajstić information content (AvgIpc) is 2.99. The Hall–Kier alpha value is -1.88. The fraction of sp³-hybridized carbons (Fsp3) is 0.579. The van der Waals surface area contributed by atoms with E-state index in [1.54, 1.807) is 26.0 Å². The van der Waals surface area contributed by atoms with Crippen molar-refractivity contribution in [3.63, 3.8) is 0 Å². The van der Waals surface area contributed by atoms with Gasteiger partial charge in [-0.05, 0) is 37.3 Å². The Labute approximate surface area is 144 Å². The van der Waals surface area contributed by atoms with Gasteiger partial charge in [-0.3, -0.25) is 9.59 Å². The number of likely N-dealkylation sites (N-methyl/N-ethyl adjacent to an activating group) is 1. The number of methoxy groups -OCH3 is 1. The number of amides is 2. The van der Waals surface area contributed by atoms with Crippen LogP contribution in [0.4, 0.5) is 0 Å². The van der Waals surface area contributed by atoms with E-state index >= 15 is 0 Å². The molecule has 0 spiro atoms. The number of benzene rings is 1. The van der Waals surface area contributed by atoms with E-state index in [9.17, 15) is 9.59 Å². The van der Waals surface area contributed by atoms with E-state index in [1.165, 1.54) is 11.1 Å². The number of hydrogen-bond acceptors (Lipinski definition) is 3. The van der Waals surface area contributed by atoms with E-state index in [2.05, 4.69) is 24.4 Å². The molecule has 0 unspecified atom stereocenters. The number of hydrogen-bond donors (Lipinski definition) is 1. The van der Waals surface area contributed by atoms with Crippen LogP contribution in [0.25, 0.3) is 0 Å². The summed E-state index contributed by atoms with van der Waals surface area (Å²) >= 11 is 0. The summed E-state index contributed by atoms with van der Waals surface area (Å²) in [7, 11) is 3.39. The van der Waals surface area contributed by atoms with Crippen molar-refractivity contribution in [3.8, 4) is 0 Å². The van der Waals surface area contributed by atoms with Gasteiger partial charge in [-0.15, -0.1) is 0 Å². The van der Waals surface area contributed by atoms with Crippen molar-refractivity contribution in [2.45, 2.75) is 45.3 Å². The van der Waals surface area contributed by atoms with Gasteiger partial charge < -0.3 is 15.0 Å². The zero-order valence-electron chi connectivity index (χ0n) is 15.0. The minimum Gasteiger partial charge on any atom is -0.378 e. The molecule has 2 amide bonds. The molecule has 5 nitrogen and oxygen atoms in total. The van der Waals surface area contributed by atoms with Gasteiger partial charge in [0.15, 0.2) is 0 Å². The predicted molar refractivity (Wildman–Crippen MR) is 93.6 cm³/mol. The minimum atomic E-state index is -0.239. The van der Waals surface area contributed by atoms with Crippen molar-refractivity contribution in [3.05, 3.63) is 35.4 Å². The van der Waals surface area contributed by atoms with E-state index in [0.29, 0.717) is 6.54 Å². The first-order chi connectivity index (χ1) is 11.5. The zero-order chi connectivity index (χ0) is 17.7. The molecule has 0 radical (unpaired) electrons. The number of nitrogens with zero attached hydrogens (tertiary/aromatic N) is 1. The van der Waals surface area contributed by atoms with Crippen LogP contribution in [0.2, 0.25) is 0 Å². The molecule has 0 aliphatic heterocycles. The van der Waals surface area contributed by atoms with E-state index in [0.717, 1.165) is 19.3 Å². The van der Waals surface area contributed by atoms with Crippen LogP contribution >= 0.6 is 0 Å². The number of aryl methyl sites for hydroxylation is 1. The molecular weight excluding hydrogens is 304 g/mol. The van der Waals surface area contributed by atoms with Crippen LogP contribution in [0, 0.1) is 12.8 Å². The minimum absolute atomic E-state index is 0.00246. The average molecular weight is 332 g/mol. The van der Waals surface area contributed by atoms with Gasteiger partial charge in [0.1, 0.15) is 0 Å². The number of rotatable bonds is 6. The fourth-order valence-electron chi connectivity index (χ4n) is 3.54. The van der Waals surface area contributed by atoms with Crippen LogP contribution < -0.4 is 5.32 Å². The molecular formula is C19H28N2O3. The van der Waals surface area contributed by atoms with Gasteiger partial charge in [0.05, 0.1) is 18.1 Å². The fourth-order valence-corrected chi connectivity index (χ4v) is 3.54. The normalized spacial score (nSPS) is 23.1. The lowest BCUT2D eigenvalue weighted by Crippen LogP contribution is -2.46. The predicted octanol–water partition coefficient (Wildman–Crippen LogP) is 1.93. The first-order valence-corrected chi connectivity index (χ1v) is 8.54. The maximum absolute atomic E-state index is 12.5. The third-order valence-electron chi connectivity index (χ3n) is 5.11. The number of carbonyl (C=O) groups is 2. The maximum Gasteiger partial charge on any atom is 0.225 e. The van der Waals surface area contributed by atoms with Crippen LogP contribution in [-0.2, 0) is 20.7 Å². The van der Waals surface area contributed by atoms with Crippen molar-refractivity contribution in [1.29, 1.82) is 0 Å². The Kier molecular flexibility index (Phi) is 6.37. The third-order valence-corrected chi connectivity index (χ3v) is 5.11. The second kappa shape index (κ2) is 8.29. The largest absolute Gasteiger partial charge is 0.378 e. The molecule has 0 aromatic heterocycles. The van der Waals surface area contributed by atoms with Crippen LogP contribution in [0.15, 0.2) is 24.3 Å². The molecule has 132 valence electrons. The Bertz CT molecular complexity index is 588. The van der Waals surface area contributed by atoms with Crippen molar-refractivity contribution in [1.82, 2.24) is 10.2 Å². The molecule has 0 saturated heterocycles. The lowest BCUT2D eigenvalue weighted by molar-refractivity contribution is -0.135. The first-order valence-electron chi connectivity index (χ1n) is 8.54. The highest BCUT2D eigenvalue weighted by molar-refractivity contribution is 5.80. The van der Waals surface area contributed by atoms with Crippen LogP contribution in [-0.4, -0.2) is 49.6 Å². The second-order valence-electron chi connectivity index (χ2n) is 6.55. The molecule has 1 N–H and O–H groups in total. The number of carbonyl (C=O) groups excluding carboxylic acids is 2. The van der Waals surface area contributed by atoms with E-state index < -0.39 is 0 Å². The summed E-state index contributed by atoms with van der Waals surface area (Å²) in [5.41, 5.74) is 2.49. The quantitative estimate of drug-likeness (QED) is 0.866. The lowest BCUT2D eigenvalue weighted by atomic mass is 10.0. The second-order valence-corrected chi connectivity index (χ2v) is 6.55. The summed E-state index contributed by atoms with van der Waals surface area (Å²) < 4.78 is 5.56. The van der Waals surface area contributed by atoms with Crippen molar-refractivity contribution in [2.24, 2.45) is 5.92 Å². The van der Waals surface area contributed by atoms with Gasteiger partial charge in [0.25, 0.3) is 0 Å². The highest BCUT2D eigenvalue weighted by Crippen LogP contribution is 2.31. The van der Waals surface area contributed by atoms with Crippen molar-refractivity contribution >= 4 is 11.8 Å². The Morgan fingerprint density at radius 1 is 1.29 bits per heavy atom. The van der Waals surface area contributed by atoms with Crippen molar-refractivity contribution < 1.29 is 14.3 Å². The maximum atomic E-state index is 12.5. The molecule has 1 aromatic carbocycles. The molecule has 0 heterocycles. The summed E-state index contributed by atoms with van der Waals surface area (Å²) in [6.45, 7) is 4.24. The number of ether oxygens (including phenoxy) is 1. The molecule has 1 aliphatic carbocycles. The van der Waals surface area contributed by atoms with Crippen molar-refractivity contribution in [2.75, 3.05) is 20.7 Å². The molecule has 1 aromatic rings. The van der Waals surface area contributed by atoms with E-state index in [1.807, 2.05) is 12.1 Å². The van der Waals surface area contributed by atoms with Crippen LogP contribution in [0.5, 0.6) is 0 Å². The Balaban J connectivity index is 1.90. The van der Waals surface area contributed by atoms with E-state index in [4.69, 9.17) is 4.74 Å². The Morgan fingerprint density at radius 2 is 2.00 bits per heavy atom. The van der Waals surface area contributed by atoms with Crippen LogP contribution in [0.1, 0.15) is 30.9 Å². The molecule has 0 bridgehead atoms. The van der Waals surface area contributed by atoms with Gasteiger partial charge >= 0.3 is 0 Å². The molecule has 1 fully saturated rings. The monoisotopic (exact) mass is 332 g/mol. The molecule has 2 rings (SSSR count). The summed E-state index contributed by atoms with van der Waals surface area (Å²) in [4.78, 5) is 25.8. The Morgan fingerprint density at radius 3 is 2.62 bits per heavy atom. The number of nitrogens with one attached hydrogen (secondary N) is 1. The topological polar surface area (TPSA) is 58.6 Å². The third kappa shape index (κ3) is 4.15. The summed E-state index contributed by atoms with van der Waals surface area (Å²) in [6, 6.07) is 8.18. The summed E-state index contributed by atoms with van der Waals surface area (Å²) in [5, 5.41) is 3.03. The highest BCUT2D eigenvalue weighted by atomic mass is 16.5. The van der Waals surface area contributed by atoms with Gasteiger partial charge in [0.2, 0.25) is 11.8 Å². The molecule has 5 heteroatoms. The molecule has 3 atom stereocenters. The van der Waals surface area contributed by atoms with Gasteiger partial charge in [-0.2, -0.15) is 0 Å². The molecule has 1 aliphatic rings. The first kappa shape index (κ1) is 18.5. The van der Waals surface area contributed by atoms with E-state index in [-0.39, 0.29) is 29.9 Å². The smallest absolute Gasteiger partial charge is 0.225 e. The zero-order valence-corrected chi connectivity index (χ0v) is 15.0. The van der Waals surface area contributed by atoms with Gasteiger partial charge in [-0.1, -0.05) is 24.3 Å².